The summed E-state index contributed by atoms with van der Waals surface area (Å²) >= 11 is 0. The first-order valence-electron chi connectivity index (χ1n) is 11.5. The molecule has 0 bridgehead atoms. The Morgan fingerprint density at radius 1 is 0.879 bits per heavy atom. The summed E-state index contributed by atoms with van der Waals surface area (Å²) in [5.74, 6) is -1.18. The number of ketones is 2. The van der Waals surface area contributed by atoms with Crippen molar-refractivity contribution in [1.29, 1.82) is 0 Å². The number of ether oxygens (including phenoxy) is 1. The SMILES string of the molecule is CCN(C)C(=O)C(C)(C)CC(=O)C(C)(C)C(=O)OC(C)(C)c1ccccc1C(C)(C)C(C)=O. The first-order valence-corrected chi connectivity index (χ1v) is 11.5. The summed E-state index contributed by atoms with van der Waals surface area (Å²) < 4.78 is 5.90. The van der Waals surface area contributed by atoms with Crippen LogP contribution in [0.15, 0.2) is 24.3 Å². The Bertz CT molecular complexity index is 924. The Morgan fingerprint density at radius 2 is 1.36 bits per heavy atom. The lowest BCUT2D eigenvalue weighted by Gasteiger charge is -2.36. The van der Waals surface area contributed by atoms with Gasteiger partial charge in [-0.2, -0.15) is 0 Å². The van der Waals surface area contributed by atoms with Gasteiger partial charge in [-0.1, -0.05) is 38.1 Å². The highest BCUT2D eigenvalue weighted by Gasteiger charge is 2.45. The van der Waals surface area contributed by atoms with Crippen molar-refractivity contribution in [3.8, 4) is 0 Å². The van der Waals surface area contributed by atoms with Gasteiger partial charge in [0.15, 0.2) is 5.78 Å². The van der Waals surface area contributed by atoms with Crippen LogP contribution in [0.1, 0.15) is 86.8 Å². The second-order valence-corrected chi connectivity index (χ2v) is 11.1. The van der Waals surface area contributed by atoms with Crippen LogP contribution in [0.3, 0.4) is 0 Å². The minimum absolute atomic E-state index is 0.00321. The van der Waals surface area contributed by atoms with Gasteiger partial charge in [0.25, 0.3) is 0 Å². The fourth-order valence-corrected chi connectivity index (χ4v) is 3.63. The van der Waals surface area contributed by atoms with E-state index in [-0.39, 0.29) is 23.9 Å². The quantitative estimate of drug-likeness (QED) is 0.370. The van der Waals surface area contributed by atoms with Crippen LogP contribution in [0.2, 0.25) is 0 Å². The van der Waals surface area contributed by atoms with Gasteiger partial charge in [0.1, 0.15) is 16.8 Å². The van der Waals surface area contributed by atoms with Gasteiger partial charge in [-0.25, -0.2) is 0 Å². The number of Topliss-reactive ketones (excluding diaryl/α,β-unsaturated/α-hetero) is 2. The molecule has 0 fully saturated rings. The Kier molecular flexibility index (Phi) is 8.46. The predicted molar refractivity (Wildman–Crippen MR) is 130 cm³/mol. The van der Waals surface area contributed by atoms with E-state index in [0.29, 0.717) is 12.1 Å². The third-order valence-corrected chi connectivity index (χ3v) is 6.69. The van der Waals surface area contributed by atoms with E-state index in [0.717, 1.165) is 5.56 Å². The van der Waals surface area contributed by atoms with E-state index in [2.05, 4.69) is 0 Å². The normalized spacial score (nSPS) is 12.8. The van der Waals surface area contributed by atoms with Crippen LogP contribution in [0, 0.1) is 10.8 Å². The van der Waals surface area contributed by atoms with Gasteiger partial charge >= 0.3 is 5.97 Å². The Balaban J connectivity index is 3.21. The van der Waals surface area contributed by atoms with Crippen LogP contribution in [0.25, 0.3) is 0 Å². The summed E-state index contributed by atoms with van der Waals surface area (Å²) in [6, 6.07) is 7.38. The van der Waals surface area contributed by atoms with Crippen molar-refractivity contribution in [2.24, 2.45) is 10.8 Å². The van der Waals surface area contributed by atoms with Gasteiger partial charge in [0.05, 0.1) is 5.41 Å². The first kappa shape index (κ1) is 28.5. The molecule has 0 aliphatic carbocycles. The van der Waals surface area contributed by atoms with Crippen LogP contribution >= 0.6 is 0 Å². The number of hydrogen-bond donors (Lipinski definition) is 0. The van der Waals surface area contributed by atoms with Crippen molar-refractivity contribution in [2.75, 3.05) is 13.6 Å². The number of rotatable bonds is 10. The van der Waals surface area contributed by atoms with E-state index in [4.69, 9.17) is 4.74 Å². The molecule has 0 spiro atoms. The number of carbonyl (C=O) groups excluding carboxylic acids is 4. The predicted octanol–water partition coefficient (Wildman–Crippen LogP) is 4.82. The third-order valence-electron chi connectivity index (χ3n) is 6.69. The molecule has 33 heavy (non-hydrogen) atoms. The molecule has 184 valence electrons. The molecular weight excluding hydrogens is 418 g/mol. The van der Waals surface area contributed by atoms with Gasteiger partial charge in [-0.3, -0.25) is 19.2 Å². The molecule has 6 heteroatoms. The number of hydrogen-bond acceptors (Lipinski definition) is 5. The van der Waals surface area contributed by atoms with Gasteiger partial charge in [0.2, 0.25) is 5.91 Å². The number of carbonyl (C=O) groups is 4. The maximum absolute atomic E-state index is 13.2. The average molecular weight is 460 g/mol. The van der Waals surface area contributed by atoms with E-state index in [1.54, 1.807) is 39.6 Å². The van der Waals surface area contributed by atoms with E-state index >= 15 is 0 Å². The van der Waals surface area contributed by atoms with Crippen molar-refractivity contribution in [1.82, 2.24) is 4.90 Å². The number of amides is 1. The molecule has 1 aromatic carbocycles. The summed E-state index contributed by atoms with van der Waals surface area (Å²) in [6.07, 6.45) is -0.0767. The minimum atomic E-state index is -1.44. The van der Waals surface area contributed by atoms with Crippen LogP contribution in [-0.2, 0) is 34.9 Å². The Labute approximate surface area is 199 Å². The summed E-state index contributed by atoms with van der Waals surface area (Å²) in [4.78, 5) is 52.9. The molecule has 0 heterocycles. The van der Waals surface area contributed by atoms with E-state index < -0.39 is 27.8 Å². The molecule has 0 aliphatic heterocycles. The van der Waals surface area contributed by atoms with Crippen molar-refractivity contribution < 1.29 is 23.9 Å². The molecule has 1 amide bonds. The van der Waals surface area contributed by atoms with Crippen LogP contribution in [-0.4, -0.2) is 41.9 Å². The highest BCUT2D eigenvalue weighted by molar-refractivity contribution is 6.04. The highest BCUT2D eigenvalue weighted by Crippen LogP contribution is 2.38. The van der Waals surface area contributed by atoms with Crippen LogP contribution in [0.4, 0.5) is 0 Å². The Morgan fingerprint density at radius 3 is 1.82 bits per heavy atom. The third kappa shape index (κ3) is 6.10. The average Bonchev–Trinajstić information content (AvgIpc) is 2.71. The molecule has 1 aromatic rings. The number of benzene rings is 1. The van der Waals surface area contributed by atoms with Crippen molar-refractivity contribution in [3.63, 3.8) is 0 Å². The van der Waals surface area contributed by atoms with E-state index in [1.807, 2.05) is 45.0 Å². The fraction of sp³-hybridized carbons (Fsp3) is 0.630. The fourth-order valence-electron chi connectivity index (χ4n) is 3.63. The largest absolute Gasteiger partial charge is 0.454 e. The smallest absolute Gasteiger partial charge is 0.319 e. The summed E-state index contributed by atoms with van der Waals surface area (Å²) in [6.45, 7) is 17.6. The van der Waals surface area contributed by atoms with Gasteiger partial charge < -0.3 is 9.64 Å². The molecule has 0 unspecified atom stereocenters. The second kappa shape index (κ2) is 9.78. The zero-order chi connectivity index (χ0) is 26.0. The molecule has 0 aliphatic rings. The maximum atomic E-state index is 13.2. The van der Waals surface area contributed by atoms with Crippen molar-refractivity contribution in [3.05, 3.63) is 35.4 Å². The summed E-state index contributed by atoms with van der Waals surface area (Å²) in [5.41, 5.74) is -2.74. The van der Waals surface area contributed by atoms with Gasteiger partial charge in [0, 0.05) is 25.4 Å². The van der Waals surface area contributed by atoms with Gasteiger partial charge in [-0.15, -0.1) is 0 Å². The lowest BCUT2D eigenvalue weighted by molar-refractivity contribution is -0.171. The topological polar surface area (TPSA) is 80.8 Å². The van der Waals surface area contributed by atoms with Crippen molar-refractivity contribution in [2.45, 2.75) is 86.7 Å². The Hall–Kier alpha value is -2.50. The lowest BCUT2D eigenvalue weighted by Crippen LogP contribution is -2.45. The monoisotopic (exact) mass is 459 g/mol. The maximum Gasteiger partial charge on any atom is 0.319 e. The molecule has 6 nitrogen and oxygen atoms in total. The van der Waals surface area contributed by atoms with Crippen molar-refractivity contribution >= 4 is 23.4 Å². The molecule has 0 radical (unpaired) electrons. The molecule has 0 atom stereocenters. The standard InChI is InChI=1S/C27H41NO5/c1-12-28(11)22(31)24(3,4)17-21(30)26(7,8)23(32)33-27(9,10)20-16-14-13-15-19(20)25(5,6)18(2)29/h13-16H,12,17H2,1-11H3. The van der Waals surface area contributed by atoms with E-state index in [9.17, 15) is 19.2 Å². The lowest BCUT2D eigenvalue weighted by atomic mass is 9.75. The second-order valence-electron chi connectivity index (χ2n) is 11.1. The summed E-state index contributed by atoms with van der Waals surface area (Å²) in [7, 11) is 1.69. The molecule has 0 saturated carbocycles. The molecule has 0 N–H and O–H groups in total. The van der Waals surface area contributed by atoms with Crippen LogP contribution < -0.4 is 0 Å². The zero-order valence-electron chi connectivity index (χ0n) is 22.2. The zero-order valence-corrected chi connectivity index (χ0v) is 22.2. The minimum Gasteiger partial charge on any atom is -0.454 e. The van der Waals surface area contributed by atoms with E-state index in [1.165, 1.54) is 20.8 Å². The highest BCUT2D eigenvalue weighted by atomic mass is 16.6. The number of esters is 1. The number of nitrogens with zero attached hydrogens (tertiary/aromatic N) is 1. The van der Waals surface area contributed by atoms with Gasteiger partial charge in [-0.05, 0) is 66.5 Å². The molecule has 1 rings (SSSR count). The first-order chi connectivity index (χ1) is 14.8. The van der Waals surface area contributed by atoms with Crippen LogP contribution in [0.5, 0.6) is 0 Å². The molecule has 0 saturated heterocycles. The molecular formula is C27H41NO5. The summed E-state index contributed by atoms with van der Waals surface area (Å²) in [5, 5.41) is 0. The molecule has 0 aromatic heterocycles.